The summed E-state index contributed by atoms with van der Waals surface area (Å²) in [5, 5.41) is 3.55. The van der Waals surface area contributed by atoms with Gasteiger partial charge in [0.1, 0.15) is 5.82 Å². The van der Waals surface area contributed by atoms with Gasteiger partial charge in [0.15, 0.2) is 0 Å². The van der Waals surface area contributed by atoms with E-state index in [0.29, 0.717) is 22.7 Å². The van der Waals surface area contributed by atoms with E-state index in [-0.39, 0.29) is 41.5 Å². The summed E-state index contributed by atoms with van der Waals surface area (Å²) in [5.74, 6) is 0.0288. The molecule has 2 aromatic rings. The topological polar surface area (TPSA) is 88.0 Å². The molecule has 26 heavy (non-hydrogen) atoms. The first-order chi connectivity index (χ1) is 12.0. The molecule has 1 amide bonds. The van der Waals surface area contributed by atoms with E-state index < -0.39 is 5.82 Å². The van der Waals surface area contributed by atoms with E-state index in [2.05, 4.69) is 10.3 Å². The molecule has 2 bridgehead atoms. The fraction of sp³-hybridized carbons (Fsp3) is 0.474. The minimum absolute atomic E-state index is 0. The van der Waals surface area contributed by atoms with Crippen LogP contribution in [0.4, 0.5) is 4.39 Å². The van der Waals surface area contributed by atoms with Crippen LogP contribution in [-0.2, 0) is 0 Å². The van der Waals surface area contributed by atoms with E-state index in [0.717, 1.165) is 25.7 Å². The number of carbonyl (C=O) groups excluding carboxylic acids is 1. The van der Waals surface area contributed by atoms with E-state index in [1.807, 2.05) is 0 Å². The molecule has 4 rings (SSSR count). The zero-order valence-corrected chi connectivity index (χ0v) is 15.2. The summed E-state index contributed by atoms with van der Waals surface area (Å²) < 4.78 is 13.6. The SMILES string of the molecule is Cl.NC1CC2CCCC(C1)C2NC(=O)c1cc(=O)[nH]c2ccc(F)cc12. The van der Waals surface area contributed by atoms with Gasteiger partial charge in [-0.3, -0.25) is 9.59 Å². The minimum atomic E-state index is -0.436. The molecule has 5 nitrogen and oxygen atoms in total. The summed E-state index contributed by atoms with van der Waals surface area (Å²) in [6.45, 7) is 0. The summed E-state index contributed by atoms with van der Waals surface area (Å²) in [6, 6.07) is 5.59. The van der Waals surface area contributed by atoms with Gasteiger partial charge < -0.3 is 16.0 Å². The maximum atomic E-state index is 13.6. The van der Waals surface area contributed by atoms with Crippen LogP contribution >= 0.6 is 12.4 Å². The summed E-state index contributed by atoms with van der Waals surface area (Å²) in [7, 11) is 0. The maximum Gasteiger partial charge on any atom is 0.252 e. The number of aromatic amines is 1. The van der Waals surface area contributed by atoms with Crippen LogP contribution in [0.2, 0.25) is 0 Å². The van der Waals surface area contributed by atoms with Crippen LogP contribution < -0.4 is 16.6 Å². The van der Waals surface area contributed by atoms with Gasteiger partial charge in [-0.1, -0.05) is 6.42 Å². The molecule has 2 aliphatic rings. The van der Waals surface area contributed by atoms with Crippen LogP contribution in [0.5, 0.6) is 0 Å². The van der Waals surface area contributed by atoms with E-state index >= 15 is 0 Å². The number of pyridine rings is 1. The smallest absolute Gasteiger partial charge is 0.252 e. The number of halogens is 2. The van der Waals surface area contributed by atoms with Crippen molar-refractivity contribution >= 4 is 29.2 Å². The van der Waals surface area contributed by atoms with Crippen molar-refractivity contribution in [3.8, 4) is 0 Å². The number of H-pyrrole nitrogens is 1. The number of aromatic nitrogens is 1. The second kappa shape index (κ2) is 7.37. The summed E-state index contributed by atoms with van der Waals surface area (Å²) in [6.07, 6.45) is 5.16. The lowest BCUT2D eigenvalue weighted by molar-refractivity contribution is 0.0757. The molecule has 2 atom stereocenters. The predicted octanol–water partition coefficient (Wildman–Crippen LogP) is 2.72. The fourth-order valence-corrected chi connectivity index (χ4v) is 4.67. The Morgan fingerprint density at radius 1 is 1.19 bits per heavy atom. The second-order valence-corrected chi connectivity index (χ2v) is 7.42. The van der Waals surface area contributed by atoms with Crippen molar-refractivity contribution in [1.29, 1.82) is 0 Å². The highest BCUT2D eigenvalue weighted by Gasteiger charge is 2.40. The number of fused-ring (bicyclic) bond motifs is 3. The lowest BCUT2D eigenvalue weighted by atomic mass is 9.67. The van der Waals surface area contributed by atoms with Gasteiger partial charge in [-0.2, -0.15) is 0 Å². The third-order valence-corrected chi connectivity index (χ3v) is 5.72. The molecule has 1 aromatic heterocycles. The van der Waals surface area contributed by atoms with Crippen LogP contribution in [0, 0.1) is 17.7 Å². The molecule has 4 N–H and O–H groups in total. The quantitative estimate of drug-likeness (QED) is 0.749. The average Bonchev–Trinajstić information content (AvgIpc) is 2.55. The summed E-state index contributed by atoms with van der Waals surface area (Å²) in [4.78, 5) is 27.4. The minimum Gasteiger partial charge on any atom is -0.349 e. The maximum absolute atomic E-state index is 13.6. The van der Waals surface area contributed by atoms with Gasteiger partial charge in [0.2, 0.25) is 5.56 Å². The Balaban J connectivity index is 0.00000196. The summed E-state index contributed by atoms with van der Waals surface area (Å²) in [5.41, 5.74) is 6.47. The lowest BCUT2D eigenvalue weighted by Gasteiger charge is -2.45. The van der Waals surface area contributed by atoms with Crippen molar-refractivity contribution < 1.29 is 9.18 Å². The number of rotatable bonds is 2. The molecule has 1 aromatic carbocycles. The highest BCUT2D eigenvalue weighted by atomic mass is 35.5. The number of benzene rings is 1. The highest BCUT2D eigenvalue weighted by molar-refractivity contribution is 6.06. The molecule has 1 heterocycles. The van der Waals surface area contributed by atoms with Crippen molar-refractivity contribution in [2.45, 2.75) is 44.2 Å². The third-order valence-electron chi connectivity index (χ3n) is 5.72. The number of nitrogens with one attached hydrogen (secondary N) is 2. The van der Waals surface area contributed by atoms with Gasteiger partial charge in [0.05, 0.1) is 5.56 Å². The Morgan fingerprint density at radius 3 is 2.58 bits per heavy atom. The summed E-state index contributed by atoms with van der Waals surface area (Å²) >= 11 is 0. The standard InChI is InChI=1S/C19H22FN3O2.ClH/c20-12-4-5-16-14(8-12)15(9-17(24)22-16)19(25)23-18-10-2-1-3-11(18)7-13(21)6-10;/h4-5,8-11,13,18H,1-3,6-7,21H2,(H,22,24)(H,23,25);1H. The Morgan fingerprint density at radius 2 is 1.88 bits per heavy atom. The van der Waals surface area contributed by atoms with Crippen LogP contribution in [0.1, 0.15) is 42.5 Å². The van der Waals surface area contributed by atoms with E-state index in [9.17, 15) is 14.0 Å². The first-order valence-electron chi connectivity index (χ1n) is 8.90. The van der Waals surface area contributed by atoms with E-state index in [1.54, 1.807) is 0 Å². The first-order valence-corrected chi connectivity index (χ1v) is 8.90. The van der Waals surface area contributed by atoms with E-state index in [1.165, 1.54) is 30.7 Å². The second-order valence-electron chi connectivity index (χ2n) is 7.42. The third kappa shape index (κ3) is 3.48. The average molecular weight is 380 g/mol. The van der Waals surface area contributed by atoms with Crippen molar-refractivity contribution in [2.24, 2.45) is 17.6 Å². The number of nitrogens with two attached hydrogens (primary N) is 1. The molecule has 2 fully saturated rings. The van der Waals surface area contributed by atoms with Crippen molar-refractivity contribution in [3.05, 3.63) is 46.0 Å². The van der Waals surface area contributed by atoms with Gasteiger partial charge in [-0.25, -0.2) is 4.39 Å². The van der Waals surface area contributed by atoms with Gasteiger partial charge in [0, 0.05) is 29.1 Å². The number of carbonyl (C=O) groups is 1. The number of hydrogen-bond acceptors (Lipinski definition) is 3. The van der Waals surface area contributed by atoms with E-state index in [4.69, 9.17) is 5.73 Å². The molecule has 2 saturated carbocycles. The monoisotopic (exact) mass is 379 g/mol. The number of hydrogen-bond donors (Lipinski definition) is 3. The van der Waals surface area contributed by atoms with Gasteiger partial charge in [-0.15, -0.1) is 12.4 Å². The van der Waals surface area contributed by atoms with Crippen LogP contribution in [0.3, 0.4) is 0 Å². The predicted molar refractivity (Wildman–Crippen MR) is 101 cm³/mol. The first kappa shape index (κ1) is 18.9. The zero-order chi connectivity index (χ0) is 17.6. The van der Waals surface area contributed by atoms with Gasteiger partial charge >= 0.3 is 0 Å². The molecule has 0 radical (unpaired) electrons. The molecule has 2 aliphatic carbocycles. The fourth-order valence-electron chi connectivity index (χ4n) is 4.67. The molecular weight excluding hydrogens is 357 g/mol. The van der Waals surface area contributed by atoms with Gasteiger partial charge in [-0.05, 0) is 55.7 Å². The highest BCUT2D eigenvalue weighted by Crippen LogP contribution is 2.39. The lowest BCUT2D eigenvalue weighted by Crippen LogP contribution is -2.53. The van der Waals surface area contributed by atoms with Crippen LogP contribution in [-0.4, -0.2) is 23.0 Å². The Bertz CT molecular complexity index is 871. The molecule has 0 spiro atoms. The van der Waals surface area contributed by atoms with Crippen molar-refractivity contribution in [2.75, 3.05) is 0 Å². The number of amides is 1. The van der Waals surface area contributed by atoms with Crippen molar-refractivity contribution in [3.63, 3.8) is 0 Å². The Labute approximate surface area is 157 Å². The zero-order valence-electron chi connectivity index (χ0n) is 14.3. The Hall–Kier alpha value is -1.92. The Kier molecular flexibility index (Phi) is 5.34. The largest absolute Gasteiger partial charge is 0.349 e. The molecule has 0 aliphatic heterocycles. The molecule has 7 heteroatoms. The molecule has 0 saturated heterocycles. The molecular formula is C19H23ClFN3O2. The van der Waals surface area contributed by atoms with Crippen LogP contribution in [0.25, 0.3) is 10.9 Å². The molecule has 2 unspecified atom stereocenters. The van der Waals surface area contributed by atoms with Crippen molar-refractivity contribution in [1.82, 2.24) is 10.3 Å². The van der Waals surface area contributed by atoms with Gasteiger partial charge in [0.25, 0.3) is 5.91 Å². The normalized spacial score (nSPS) is 27.6. The molecule has 140 valence electrons. The van der Waals surface area contributed by atoms with Crippen LogP contribution in [0.15, 0.2) is 29.1 Å².